The number of aryl methyl sites for hydroxylation is 2. The van der Waals surface area contributed by atoms with Gasteiger partial charge >= 0.3 is 0 Å². The van der Waals surface area contributed by atoms with Gasteiger partial charge in [-0.3, -0.25) is 0 Å². The number of thiazole rings is 1. The molecule has 6 heteroatoms. The van der Waals surface area contributed by atoms with Crippen LogP contribution in [-0.2, 0) is 6.42 Å². The van der Waals surface area contributed by atoms with Gasteiger partial charge in [0.05, 0.1) is 14.3 Å². The van der Waals surface area contributed by atoms with Crippen molar-refractivity contribution in [2.45, 2.75) is 26.7 Å². The van der Waals surface area contributed by atoms with Crippen LogP contribution >= 0.6 is 33.9 Å². The SMILES string of the molecule is CCCc1nc(-c2csc(C)n2)nc(NC)c1I. The highest BCUT2D eigenvalue weighted by molar-refractivity contribution is 14.1. The Labute approximate surface area is 124 Å². The smallest absolute Gasteiger partial charge is 0.181 e. The van der Waals surface area contributed by atoms with Crippen LogP contribution in [0.5, 0.6) is 0 Å². The van der Waals surface area contributed by atoms with E-state index in [4.69, 9.17) is 0 Å². The zero-order valence-electron chi connectivity index (χ0n) is 10.6. The Bertz CT molecular complexity index is 553. The summed E-state index contributed by atoms with van der Waals surface area (Å²) < 4.78 is 1.10. The highest BCUT2D eigenvalue weighted by Crippen LogP contribution is 2.25. The molecule has 0 aliphatic rings. The first-order valence-corrected chi connectivity index (χ1v) is 7.78. The van der Waals surface area contributed by atoms with Gasteiger partial charge in [-0.05, 0) is 35.9 Å². The van der Waals surface area contributed by atoms with Crippen LogP contribution in [-0.4, -0.2) is 22.0 Å². The summed E-state index contributed by atoms with van der Waals surface area (Å²) in [6.07, 6.45) is 2.04. The first kappa shape index (κ1) is 13.7. The third-order valence-corrected chi connectivity index (χ3v) is 4.40. The van der Waals surface area contributed by atoms with Crippen LogP contribution in [0.2, 0.25) is 0 Å². The Kier molecular flexibility index (Phi) is 4.50. The minimum Gasteiger partial charge on any atom is -0.372 e. The lowest BCUT2D eigenvalue weighted by atomic mass is 10.2. The number of hydrogen-bond acceptors (Lipinski definition) is 5. The maximum Gasteiger partial charge on any atom is 0.181 e. The molecule has 0 aliphatic heterocycles. The van der Waals surface area contributed by atoms with E-state index < -0.39 is 0 Å². The fourth-order valence-electron chi connectivity index (χ4n) is 1.64. The van der Waals surface area contributed by atoms with E-state index in [1.807, 2.05) is 19.4 Å². The minimum absolute atomic E-state index is 0.715. The van der Waals surface area contributed by atoms with Crippen molar-refractivity contribution in [3.8, 4) is 11.5 Å². The standard InChI is InChI=1S/C12H15IN4S/c1-4-5-8-10(13)12(14-3)17-11(16-8)9-6-18-7(2)15-9/h6H,4-5H2,1-3H3,(H,14,16,17). The summed E-state index contributed by atoms with van der Waals surface area (Å²) in [6, 6.07) is 0. The van der Waals surface area contributed by atoms with Crippen LogP contribution in [0, 0.1) is 10.5 Å². The van der Waals surface area contributed by atoms with Crippen LogP contribution < -0.4 is 5.32 Å². The van der Waals surface area contributed by atoms with E-state index in [9.17, 15) is 0 Å². The van der Waals surface area contributed by atoms with Crippen molar-refractivity contribution in [1.29, 1.82) is 0 Å². The lowest BCUT2D eigenvalue weighted by Gasteiger charge is -2.09. The van der Waals surface area contributed by atoms with E-state index in [0.717, 1.165) is 38.6 Å². The Morgan fingerprint density at radius 2 is 2.11 bits per heavy atom. The van der Waals surface area contributed by atoms with Crippen LogP contribution in [0.4, 0.5) is 5.82 Å². The molecule has 0 spiro atoms. The maximum absolute atomic E-state index is 4.64. The van der Waals surface area contributed by atoms with Crippen molar-refractivity contribution in [1.82, 2.24) is 15.0 Å². The lowest BCUT2D eigenvalue weighted by molar-refractivity contribution is 0.867. The molecule has 1 N–H and O–H groups in total. The van der Waals surface area contributed by atoms with Gasteiger partial charge in [-0.15, -0.1) is 11.3 Å². The molecular formula is C12H15IN4S. The van der Waals surface area contributed by atoms with Gasteiger partial charge in [0.1, 0.15) is 11.5 Å². The molecule has 0 unspecified atom stereocenters. The summed E-state index contributed by atoms with van der Waals surface area (Å²) in [5, 5.41) is 6.17. The number of nitrogens with zero attached hydrogens (tertiary/aromatic N) is 3. The second-order valence-electron chi connectivity index (χ2n) is 3.91. The van der Waals surface area contributed by atoms with E-state index in [1.54, 1.807) is 11.3 Å². The summed E-state index contributed by atoms with van der Waals surface area (Å²) in [5.41, 5.74) is 1.96. The second-order valence-corrected chi connectivity index (χ2v) is 6.05. The summed E-state index contributed by atoms with van der Waals surface area (Å²) in [5.74, 6) is 1.60. The van der Waals surface area contributed by atoms with E-state index >= 15 is 0 Å². The summed E-state index contributed by atoms with van der Waals surface area (Å²) >= 11 is 3.92. The molecule has 96 valence electrons. The van der Waals surface area contributed by atoms with Gasteiger partial charge in [0.15, 0.2) is 5.82 Å². The average molecular weight is 374 g/mol. The molecular weight excluding hydrogens is 359 g/mol. The summed E-state index contributed by atoms with van der Waals surface area (Å²) in [6.45, 7) is 4.15. The maximum atomic E-state index is 4.64. The van der Waals surface area contributed by atoms with Gasteiger partial charge in [0, 0.05) is 12.4 Å². The highest BCUT2D eigenvalue weighted by Gasteiger charge is 2.13. The first-order valence-electron chi connectivity index (χ1n) is 5.82. The molecule has 18 heavy (non-hydrogen) atoms. The molecule has 2 aromatic rings. The van der Waals surface area contributed by atoms with Gasteiger partial charge in [-0.1, -0.05) is 13.3 Å². The minimum atomic E-state index is 0.715. The predicted octanol–water partition coefficient (Wildman–Crippen LogP) is 3.51. The van der Waals surface area contributed by atoms with E-state index in [1.165, 1.54) is 0 Å². The van der Waals surface area contributed by atoms with Gasteiger partial charge in [0.25, 0.3) is 0 Å². The van der Waals surface area contributed by atoms with Crippen molar-refractivity contribution in [3.63, 3.8) is 0 Å². The fraction of sp³-hybridized carbons (Fsp3) is 0.417. The van der Waals surface area contributed by atoms with Crippen LogP contribution in [0.1, 0.15) is 24.0 Å². The van der Waals surface area contributed by atoms with Gasteiger partial charge in [-0.2, -0.15) is 0 Å². The molecule has 0 aromatic carbocycles. The van der Waals surface area contributed by atoms with Crippen molar-refractivity contribution < 1.29 is 0 Å². The number of halogens is 1. The molecule has 2 rings (SSSR count). The molecule has 2 heterocycles. The Morgan fingerprint density at radius 1 is 1.33 bits per heavy atom. The molecule has 0 atom stereocenters. The number of hydrogen-bond donors (Lipinski definition) is 1. The largest absolute Gasteiger partial charge is 0.372 e. The normalized spacial score (nSPS) is 10.7. The van der Waals surface area contributed by atoms with Crippen molar-refractivity contribution in [3.05, 3.63) is 19.7 Å². The average Bonchev–Trinajstić information content (AvgIpc) is 2.79. The lowest BCUT2D eigenvalue weighted by Crippen LogP contribution is -2.05. The summed E-state index contributed by atoms with van der Waals surface area (Å²) in [4.78, 5) is 13.6. The van der Waals surface area contributed by atoms with E-state index in [0.29, 0.717) is 5.82 Å². The molecule has 0 bridgehead atoms. The number of nitrogens with one attached hydrogen (secondary N) is 1. The Morgan fingerprint density at radius 3 is 2.67 bits per heavy atom. The first-order chi connectivity index (χ1) is 8.65. The van der Waals surface area contributed by atoms with Crippen LogP contribution in [0.3, 0.4) is 0 Å². The topological polar surface area (TPSA) is 50.7 Å². The fourth-order valence-corrected chi connectivity index (χ4v) is 3.01. The van der Waals surface area contributed by atoms with Crippen molar-refractivity contribution in [2.24, 2.45) is 0 Å². The Balaban J connectivity index is 2.51. The molecule has 0 saturated carbocycles. The van der Waals surface area contributed by atoms with E-state index in [-0.39, 0.29) is 0 Å². The highest BCUT2D eigenvalue weighted by atomic mass is 127. The molecule has 2 aromatic heterocycles. The monoisotopic (exact) mass is 374 g/mol. The third-order valence-electron chi connectivity index (χ3n) is 2.49. The molecule has 0 amide bonds. The number of rotatable bonds is 4. The van der Waals surface area contributed by atoms with E-state index in [2.05, 4.69) is 49.8 Å². The number of aromatic nitrogens is 3. The van der Waals surface area contributed by atoms with Crippen LogP contribution in [0.15, 0.2) is 5.38 Å². The molecule has 0 saturated heterocycles. The zero-order valence-corrected chi connectivity index (χ0v) is 13.6. The van der Waals surface area contributed by atoms with Crippen LogP contribution in [0.25, 0.3) is 11.5 Å². The van der Waals surface area contributed by atoms with Gasteiger partial charge in [-0.25, -0.2) is 15.0 Å². The Hall–Kier alpha value is -0.760. The molecule has 0 radical (unpaired) electrons. The molecule has 0 fully saturated rings. The second kappa shape index (κ2) is 5.92. The third kappa shape index (κ3) is 2.80. The van der Waals surface area contributed by atoms with Gasteiger partial charge < -0.3 is 5.32 Å². The zero-order chi connectivity index (χ0) is 13.1. The predicted molar refractivity (Wildman–Crippen MR) is 84.1 cm³/mol. The summed E-state index contributed by atoms with van der Waals surface area (Å²) in [7, 11) is 1.89. The van der Waals surface area contributed by atoms with Crippen molar-refractivity contribution >= 4 is 39.7 Å². The molecule has 4 nitrogen and oxygen atoms in total. The van der Waals surface area contributed by atoms with Crippen molar-refractivity contribution in [2.75, 3.05) is 12.4 Å². The number of anilines is 1. The van der Waals surface area contributed by atoms with Gasteiger partial charge in [0.2, 0.25) is 0 Å². The molecule has 0 aliphatic carbocycles. The quantitative estimate of drug-likeness (QED) is 0.833.